The van der Waals surface area contributed by atoms with E-state index in [1.165, 1.54) is 23.5 Å². The molecule has 0 spiro atoms. The summed E-state index contributed by atoms with van der Waals surface area (Å²) in [5, 5.41) is 5.56. The maximum Gasteiger partial charge on any atom is 0.263 e. The van der Waals surface area contributed by atoms with E-state index in [1.54, 1.807) is 18.3 Å². The number of thiazole rings is 1. The van der Waals surface area contributed by atoms with Crippen LogP contribution in [0.1, 0.15) is 20.9 Å². The van der Waals surface area contributed by atoms with Crippen molar-refractivity contribution < 1.29 is 13.6 Å². The van der Waals surface area contributed by atoms with Crippen LogP contribution in [0.15, 0.2) is 35.7 Å². The van der Waals surface area contributed by atoms with Gasteiger partial charge in [-0.05, 0) is 42.5 Å². The summed E-state index contributed by atoms with van der Waals surface area (Å²) in [6.07, 6.45) is 0.357. The van der Waals surface area contributed by atoms with E-state index in [4.69, 9.17) is 0 Å². The highest BCUT2D eigenvalue weighted by molar-refractivity contribution is 7.22. The SMILES string of the molecule is Cc1nc(-c2cccs2)sc1C(=O)NCCc1cc(F)cc(F)c1. The van der Waals surface area contributed by atoms with Gasteiger partial charge in [-0.15, -0.1) is 22.7 Å². The molecule has 1 amide bonds. The number of amides is 1. The maximum atomic E-state index is 13.1. The standard InChI is InChI=1S/C17H14F2N2OS2/c1-10-15(24-17(21-10)14-3-2-6-23-14)16(22)20-5-4-11-7-12(18)9-13(19)8-11/h2-3,6-9H,4-5H2,1H3,(H,20,22). The first kappa shape index (κ1) is 16.7. The zero-order valence-corrected chi connectivity index (χ0v) is 14.4. The lowest BCUT2D eigenvalue weighted by molar-refractivity contribution is 0.0957. The molecule has 124 valence electrons. The van der Waals surface area contributed by atoms with E-state index >= 15 is 0 Å². The van der Waals surface area contributed by atoms with Crippen molar-refractivity contribution in [3.8, 4) is 9.88 Å². The topological polar surface area (TPSA) is 42.0 Å². The van der Waals surface area contributed by atoms with Gasteiger partial charge in [-0.25, -0.2) is 13.8 Å². The molecule has 0 saturated carbocycles. The fourth-order valence-corrected chi connectivity index (χ4v) is 4.05. The summed E-state index contributed by atoms with van der Waals surface area (Å²) in [5.41, 5.74) is 1.19. The van der Waals surface area contributed by atoms with E-state index in [9.17, 15) is 13.6 Å². The molecule has 0 atom stereocenters. The zero-order chi connectivity index (χ0) is 17.1. The number of hydrogen-bond acceptors (Lipinski definition) is 4. The van der Waals surface area contributed by atoms with Crippen molar-refractivity contribution in [1.82, 2.24) is 10.3 Å². The van der Waals surface area contributed by atoms with Crippen LogP contribution in [0.3, 0.4) is 0 Å². The number of benzene rings is 1. The molecule has 0 aliphatic carbocycles. The Morgan fingerprint density at radius 1 is 1.25 bits per heavy atom. The Morgan fingerprint density at radius 3 is 2.67 bits per heavy atom. The number of halogens is 2. The summed E-state index contributed by atoms with van der Waals surface area (Å²) in [6, 6.07) is 7.26. The average Bonchev–Trinajstić information content (AvgIpc) is 3.15. The normalized spacial score (nSPS) is 10.8. The van der Waals surface area contributed by atoms with Crippen LogP contribution < -0.4 is 5.32 Å². The molecule has 0 radical (unpaired) electrons. The van der Waals surface area contributed by atoms with Crippen LogP contribution in [-0.4, -0.2) is 17.4 Å². The Hall–Kier alpha value is -2.12. The quantitative estimate of drug-likeness (QED) is 0.728. The Balaban J connectivity index is 1.63. The minimum atomic E-state index is -0.616. The second-order valence-corrected chi connectivity index (χ2v) is 7.14. The number of rotatable bonds is 5. The predicted molar refractivity (Wildman–Crippen MR) is 92.6 cm³/mol. The summed E-state index contributed by atoms with van der Waals surface area (Å²) in [6.45, 7) is 2.10. The molecule has 3 rings (SSSR count). The predicted octanol–water partition coefficient (Wildman–Crippen LogP) is 4.43. The van der Waals surface area contributed by atoms with E-state index in [0.29, 0.717) is 29.1 Å². The molecular weight excluding hydrogens is 350 g/mol. The molecule has 2 heterocycles. The number of thiophene rings is 1. The highest BCUT2D eigenvalue weighted by atomic mass is 32.1. The zero-order valence-electron chi connectivity index (χ0n) is 12.8. The molecule has 0 fully saturated rings. The van der Waals surface area contributed by atoms with Crippen LogP contribution in [0, 0.1) is 18.6 Å². The third-order valence-electron chi connectivity index (χ3n) is 3.36. The van der Waals surface area contributed by atoms with Gasteiger partial charge in [0.2, 0.25) is 0 Å². The van der Waals surface area contributed by atoms with E-state index in [2.05, 4.69) is 10.3 Å². The average molecular weight is 364 g/mol. The Morgan fingerprint density at radius 2 is 2.00 bits per heavy atom. The van der Waals surface area contributed by atoms with Gasteiger partial charge >= 0.3 is 0 Å². The number of nitrogens with one attached hydrogen (secondary N) is 1. The number of carbonyl (C=O) groups is 1. The van der Waals surface area contributed by atoms with Crippen LogP contribution in [-0.2, 0) is 6.42 Å². The van der Waals surface area contributed by atoms with Crippen LogP contribution >= 0.6 is 22.7 Å². The highest BCUT2D eigenvalue weighted by Crippen LogP contribution is 2.30. The first-order chi connectivity index (χ1) is 11.5. The molecule has 1 aromatic carbocycles. The molecule has 0 aliphatic rings. The minimum Gasteiger partial charge on any atom is -0.351 e. The summed E-state index contributed by atoms with van der Waals surface area (Å²) < 4.78 is 26.3. The van der Waals surface area contributed by atoms with Crippen LogP contribution in [0.4, 0.5) is 8.78 Å². The van der Waals surface area contributed by atoms with Crippen molar-refractivity contribution in [2.75, 3.05) is 6.54 Å². The third-order valence-corrected chi connectivity index (χ3v) is 5.55. The van der Waals surface area contributed by atoms with E-state index in [1.807, 2.05) is 17.5 Å². The lowest BCUT2D eigenvalue weighted by Gasteiger charge is -2.05. The van der Waals surface area contributed by atoms with Gasteiger partial charge in [-0.2, -0.15) is 0 Å². The van der Waals surface area contributed by atoms with Crippen molar-refractivity contribution in [3.05, 3.63) is 63.5 Å². The number of aromatic nitrogens is 1. The molecule has 0 unspecified atom stereocenters. The van der Waals surface area contributed by atoms with Crippen molar-refractivity contribution in [2.45, 2.75) is 13.3 Å². The summed E-state index contributed by atoms with van der Waals surface area (Å²) in [4.78, 5) is 18.3. The van der Waals surface area contributed by atoms with Crippen molar-refractivity contribution in [3.63, 3.8) is 0 Å². The second-order valence-electron chi connectivity index (χ2n) is 5.19. The molecule has 0 bridgehead atoms. The van der Waals surface area contributed by atoms with E-state index < -0.39 is 11.6 Å². The molecule has 24 heavy (non-hydrogen) atoms. The van der Waals surface area contributed by atoms with Crippen molar-refractivity contribution in [2.24, 2.45) is 0 Å². The molecule has 7 heteroatoms. The Kier molecular flexibility index (Phi) is 5.01. The first-order valence-electron chi connectivity index (χ1n) is 7.27. The van der Waals surface area contributed by atoms with Gasteiger partial charge in [0.25, 0.3) is 5.91 Å². The fraction of sp³-hybridized carbons (Fsp3) is 0.176. The van der Waals surface area contributed by atoms with Crippen molar-refractivity contribution >= 4 is 28.6 Å². The van der Waals surface area contributed by atoms with Gasteiger partial charge < -0.3 is 5.32 Å². The monoisotopic (exact) mass is 364 g/mol. The third kappa shape index (κ3) is 3.85. The Labute approximate surface area is 146 Å². The van der Waals surface area contributed by atoms with E-state index in [-0.39, 0.29) is 5.91 Å². The number of hydrogen-bond donors (Lipinski definition) is 1. The molecule has 3 nitrogen and oxygen atoms in total. The highest BCUT2D eigenvalue weighted by Gasteiger charge is 2.16. The number of carbonyl (C=O) groups excluding carboxylic acids is 1. The molecule has 1 N–H and O–H groups in total. The first-order valence-corrected chi connectivity index (χ1v) is 8.97. The van der Waals surface area contributed by atoms with Crippen LogP contribution in [0.5, 0.6) is 0 Å². The van der Waals surface area contributed by atoms with Gasteiger partial charge in [-0.1, -0.05) is 6.07 Å². The molecule has 3 aromatic rings. The molecule has 2 aromatic heterocycles. The summed E-state index contributed by atoms with van der Waals surface area (Å²) >= 11 is 2.92. The van der Waals surface area contributed by atoms with E-state index in [0.717, 1.165) is 16.0 Å². The van der Waals surface area contributed by atoms with Gasteiger partial charge in [0.15, 0.2) is 0 Å². The second kappa shape index (κ2) is 7.19. The van der Waals surface area contributed by atoms with Crippen LogP contribution in [0.25, 0.3) is 9.88 Å². The molecule has 0 aliphatic heterocycles. The van der Waals surface area contributed by atoms with Gasteiger partial charge in [0.05, 0.1) is 10.6 Å². The molecular formula is C17H14F2N2OS2. The smallest absolute Gasteiger partial charge is 0.263 e. The minimum absolute atomic E-state index is 0.218. The van der Waals surface area contributed by atoms with Crippen molar-refractivity contribution in [1.29, 1.82) is 0 Å². The lowest BCUT2D eigenvalue weighted by Crippen LogP contribution is -2.25. The largest absolute Gasteiger partial charge is 0.351 e. The van der Waals surface area contributed by atoms with Crippen LogP contribution in [0.2, 0.25) is 0 Å². The fourth-order valence-electron chi connectivity index (χ4n) is 2.27. The van der Waals surface area contributed by atoms with Gasteiger partial charge in [0.1, 0.15) is 21.5 Å². The summed E-state index contributed by atoms with van der Waals surface area (Å²) in [7, 11) is 0. The molecule has 0 saturated heterocycles. The Bertz CT molecular complexity index is 839. The summed E-state index contributed by atoms with van der Waals surface area (Å²) in [5.74, 6) is -1.45. The maximum absolute atomic E-state index is 13.1. The van der Waals surface area contributed by atoms with Gasteiger partial charge in [0, 0.05) is 12.6 Å². The van der Waals surface area contributed by atoms with Gasteiger partial charge in [-0.3, -0.25) is 4.79 Å². The number of aryl methyl sites for hydroxylation is 1. The number of nitrogens with zero attached hydrogens (tertiary/aromatic N) is 1. The lowest BCUT2D eigenvalue weighted by atomic mass is 10.1.